The molecule has 1 aliphatic rings. The van der Waals surface area contributed by atoms with Crippen LogP contribution in [0.3, 0.4) is 0 Å². The minimum Gasteiger partial charge on any atom is -0.497 e. The van der Waals surface area contributed by atoms with Gasteiger partial charge in [-0.3, -0.25) is 9.69 Å². The molecule has 1 fully saturated rings. The highest BCUT2D eigenvalue weighted by molar-refractivity contribution is 5.93. The summed E-state index contributed by atoms with van der Waals surface area (Å²) < 4.78 is 7.55. The van der Waals surface area contributed by atoms with Crippen LogP contribution >= 0.6 is 0 Å². The molecule has 1 aliphatic heterocycles. The predicted molar refractivity (Wildman–Crippen MR) is 134 cm³/mol. The number of methoxy groups -OCH3 is 1. The summed E-state index contributed by atoms with van der Waals surface area (Å²) in [7, 11) is 1.68. The molecule has 7 heteroatoms. The number of primary amides is 1. The van der Waals surface area contributed by atoms with Gasteiger partial charge in [-0.1, -0.05) is 12.1 Å². The lowest BCUT2D eigenvalue weighted by Gasteiger charge is -2.20. The van der Waals surface area contributed by atoms with Crippen LogP contribution in [0.2, 0.25) is 0 Å². The summed E-state index contributed by atoms with van der Waals surface area (Å²) in [4.78, 5) is 19.0. The lowest BCUT2D eigenvalue weighted by atomic mass is 10.1. The van der Waals surface area contributed by atoms with Crippen molar-refractivity contribution in [3.8, 4) is 28.1 Å². The Labute approximate surface area is 199 Å². The molecule has 0 spiro atoms. The number of imidazole rings is 1. The molecule has 3 N–H and O–H groups in total. The van der Waals surface area contributed by atoms with Gasteiger partial charge in [-0.25, -0.2) is 4.98 Å². The van der Waals surface area contributed by atoms with Crippen LogP contribution in [0.25, 0.3) is 28.0 Å². The Morgan fingerprint density at radius 1 is 0.971 bits per heavy atom. The van der Waals surface area contributed by atoms with Crippen LogP contribution in [0.5, 0.6) is 5.75 Å². The van der Waals surface area contributed by atoms with Gasteiger partial charge < -0.3 is 20.2 Å². The van der Waals surface area contributed by atoms with E-state index in [0.717, 1.165) is 78.6 Å². The van der Waals surface area contributed by atoms with E-state index >= 15 is 0 Å². The molecule has 7 nitrogen and oxygen atoms in total. The maximum absolute atomic E-state index is 11.5. The van der Waals surface area contributed by atoms with Crippen LogP contribution in [0.4, 0.5) is 0 Å². The van der Waals surface area contributed by atoms with Crippen LogP contribution in [-0.2, 0) is 6.54 Å². The van der Waals surface area contributed by atoms with Gasteiger partial charge >= 0.3 is 0 Å². The van der Waals surface area contributed by atoms with Gasteiger partial charge in [0.25, 0.3) is 0 Å². The number of amides is 1. The van der Waals surface area contributed by atoms with Gasteiger partial charge in [0.05, 0.1) is 18.5 Å². The standard InChI is InChI=1S/C27H29N5O2/c1-34-23-10-7-20(8-11-23)26-24(18-31-15-2-13-29-14-16-31)32-17-22(9-12-25(32)30-26)19-3-5-21(6-4-19)27(28)33/h3-12,17,29H,2,13-16,18H2,1H3,(H2,28,33). The number of hydrogen-bond acceptors (Lipinski definition) is 5. The molecule has 1 amide bonds. The van der Waals surface area contributed by atoms with E-state index in [0.29, 0.717) is 5.56 Å². The Morgan fingerprint density at radius 2 is 1.71 bits per heavy atom. The third-order valence-electron chi connectivity index (χ3n) is 6.39. The number of benzene rings is 2. The highest BCUT2D eigenvalue weighted by Gasteiger charge is 2.19. The van der Waals surface area contributed by atoms with Crippen LogP contribution in [0, 0.1) is 0 Å². The van der Waals surface area contributed by atoms with E-state index < -0.39 is 5.91 Å². The summed E-state index contributed by atoms with van der Waals surface area (Å²) in [5.74, 6) is 0.407. The normalized spacial score (nSPS) is 14.7. The van der Waals surface area contributed by atoms with Crippen molar-refractivity contribution < 1.29 is 9.53 Å². The maximum atomic E-state index is 11.5. The topological polar surface area (TPSA) is 84.9 Å². The second-order valence-electron chi connectivity index (χ2n) is 8.60. The molecule has 174 valence electrons. The molecule has 2 aromatic heterocycles. The van der Waals surface area contributed by atoms with Gasteiger partial charge in [0.2, 0.25) is 5.91 Å². The third kappa shape index (κ3) is 4.53. The van der Waals surface area contributed by atoms with Crippen LogP contribution in [-0.4, -0.2) is 53.5 Å². The number of hydrogen-bond donors (Lipinski definition) is 2. The van der Waals surface area contributed by atoms with Crippen LogP contribution in [0.15, 0.2) is 66.9 Å². The van der Waals surface area contributed by atoms with Crippen molar-refractivity contribution in [2.45, 2.75) is 13.0 Å². The number of nitrogens with two attached hydrogens (primary N) is 1. The fourth-order valence-corrected chi connectivity index (χ4v) is 4.49. The van der Waals surface area contributed by atoms with Gasteiger partial charge in [-0.15, -0.1) is 0 Å². The summed E-state index contributed by atoms with van der Waals surface area (Å²) in [6, 6.07) is 19.6. The first-order valence-electron chi connectivity index (χ1n) is 11.6. The van der Waals surface area contributed by atoms with Crippen molar-refractivity contribution in [3.05, 3.63) is 78.1 Å². The molecule has 0 bridgehead atoms. The van der Waals surface area contributed by atoms with Crippen molar-refractivity contribution in [3.63, 3.8) is 0 Å². The van der Waals surface area contributed by atoms with Gasteiger partial charge in [-0.05, 0) is 79.2 Å². The predicted octanol–water partition coefficient (Wildman–Crippen LogP) is 3.57. The summed E-state index contributed by atoms with van der Waals surface area (Å²) >= 11 is 0. The number of carbonyl (C=O) groups excluding carboxylic acids is 1. The van der Waals surface area contributed by atoms with Crippen molar-refractivity contribution in [1.82, 2.24) is 19.6 Å². The Bertz CT molecular complexity index is 1290. The second kappa shape index (κ2) is 9.67. The molecule has 5 rings (SSSR count). The zero-order chi connectivity index (χ0) is 23.5. The van der Waals surface area contributed by atoms with E-state index in [9.17, 15) is 4.79 Å². The number of carbonyl (C=O) groups is 1. The number of nitrogens with one attached hydrogen (secondary N) is 1. The largest absolute Gasteiger partial charge is 0.497 e. The first-order valence-corrected chi connectivity index (χ1v) is 11.6. The third-order valence-corrected chi connectivity index (χ3v) is 6.39. The maximum Gasteiger partial charge on any atom is 0.248 e. The van der Waals surface area contributed by atoms with Gasteiger partial charge in [0, 0.05) is 37.0 Å². The summed E-state index contributed by atoms with van der Waals surface area (Å²) in [5, 5.41) is 3.49. The van der Waals surface area contributed by atoms with Crippen LogP contribution < -0.4 is 15.8 Å². The van der Waals surface area contributed by atoms with E-state index in [1.165, 1.54) is 0 Å². The average Bonchev–Trinajstić information content (AvgIpc) is 3.03. The molecule has 34 heavy (non-hydrogen) atoms. The van der Waals surface area contributed by atoms with E-state index in [1.54, 1.807) is 19.2 Å². The van der Waals surface area contributed by atoms with Crippen molar-refractivity contribution in [1.29, 1.82) is 0 Å². The quantitative estimate of drug-likeness (QED) is 0.464. The monoisotopic (exact) mass is 455 g/mol. The summed E-state index contributed by atoms with van der Waals surface area (Å²) in [5.41, 5.74) is 12.1. The number of fused-ring (bicyclic) bond motifs is 1. The first kappa shape index (κ1) is 22.1. The van der Waals surface area contributed by atoms with Crippen LogP contribution in [0.1, 0.15) is 22.5 Å². The van der Waals surface area contributed by atoms with E-state index in [2.05, 4.69) is 45.1 Å². The molecule has 4 aromatic rings. The Balaban J connectivity index is 1.59. The zero-order valence-corrected chi connectivity index (χ0v) is 19.3. The minimum atomic E-state index is -0.421. The van der Waals surface area contributed by atoms with Gasteiger partial charge in [0.15, 0.2) is 0 Å². The fourth-order valence-electron chi connectivity index (χ4n) is 4.49. The molecule has 0 aliphatic carbocycles. The zero-order valence-electron chi connectivity index (χ0n) is 19.3. The SMILES string of the molecule is COc1ccc(-c2nc3ccc(-c4ccc(C(N)=O)cc4)cn3c2CN2CCCNCC2)cc1. The molecule has 0 unspecified atom stereocenters. The lowest BCUT2D eigenvalue weighted by Crippen LogP contribution is -2.28. The lowest BCUT2D eigenvalue weighted by molar-refractivity contribution is 0.100. The molecule has 1 saturated heterocycles. The second-order valence-corrected chi connectivity index (χ2v) is 8.60. The molecule has 0 atom stereocenters. The van der Waals surface area contributed by atoms with Crippen molar-refractivity contribution in [2.24, 2.45) is 5.73 Å². The fraction of sp³-hybridized carbons (Fsp3) is 0.259. The smallest absolute Gasteiger partial charge is 0.248 e. The molecule has 0 saturated carbocycles. The number of aromatic nitrogens is 2. The van der Waals surface area contributed by atoms with Crippen molar-refractivity contribution in [2.75, 3.05) is 33.3 Å². The first-order chi connectivity index (χ1) is 16.6. The summed E-state index contributed by atoms with van der Waals surface area (Å²) in [6.45, 7) is 4.92. The van der Waals surface area contributed by atoms with Gasteiger partial charge in [-0.2, -0.15) is 0 Å². The molecule has 3 heterocycles. The Morgan fingerprint density at radius 3 is 2.44 bits per heavy atom. The number of rotatable bonds is 6. The molecular weight excluding hydrogens is 426 g/mol. The van der Waals surface area contributed by atoms with E-state index in [4.69, 9.17) is 15.5 Å². The Hall–Kier alpha value is -3.68. The molecular formula is C27H29N5O2. The van der Waals surface area contributed by atoms with Crippen molar-refractivity contribution >= 4 is 11.6 Å². The molecule has 0 radical (unpaired) electrons. The number of ether oxygens (including phenoxy) is 1. The number of nitrogens with zero attached hydrogens (tertiary/aromatic N) is 3. The minimum absolute atomic E-state index is 0.421. The Kier molecular flexibility index (Phi) is 6.29. The molecule has 2 aromatic carbocycles. The highest BCUT2D eigenvalue weighted by atomic mass is 16.5. The average molecular weight is 456 g/mol. The summed E-state index contributed by atoms with van der Waals surface area (Å²) in [6.07, 6.45) is 3.27. The highest BCUT2D eigenvalue weighted by Crippen LogP contribution is 2.29. The number of pyridine rings is 1. The van der Waals surface area contributed by atoms with Gasteiger partial charge in [0.1, 0.15) is 11.4 Å². The van der Waals surface area contributed by atoms with E-state index in [-0.39, 0.29) is 0 Å². The van der Waals surface area contributed by atoms with E-state index in [1.807, 2.05) is 24.3 Å².